The lowest BCUT2D eigenvalue weighted by Gasteiger charge is -2.19. The van der Waals surface area contributed by atoms with Crippen LogP contribution in [0.25, 0.3) is 0 Å². The van der Waals surface area contributed by atoms with Gasteiger partial charge in [0.15, 0.2) is 11.5 Å². The molecule has 0 atom stereocenters. The molecule has 2 heterocycles. The van der Waals surface area contributed by atoms with Crippen LogP contribution in [0.2, 0.25) is 0 Å². The van der Waals surface area contributed by atoms with Crippen molar-refractivity contribution in [1.29, 1.82) is 0 Å². The molecule has 20 heavy (non-hydrogen) atoms. The summed E-state index contributed by atoms with van der Waals surface area (Å²) >= 11 is 1.42. The summed E-state index contributed by atoms with van der Waals surface area (Å²) in [6.07, 6.45) is 2.02. The van der Waals surface area contributed by atoms with E-state index in [4.69, 9.17) is 5.73 Å². The quantitative estimate of drug-likeness (QED) is 0.871. The Morgan fingerprint density at radius 2 is 2.05 bits per heavy atom. The number of aromatic nitrogens is 2. The number of ether oxygens (including phenoxy) is 1. The summed E-state index contributed by atoms with van der Waals surface area (Å²) in [5.74, 6) is 0.0409. The van der Waals surface area contributed by atoms with Crippen LogP contribution >= 0.6 is 11.3 Å². The molecule has 0 radical (unpaired) electrons. The van der Waals surface area contributed by atoms with Gasteiger partial charge in [0.05, 0.1) is 11.6 Å². The number of ketones is 1. The second-order valence-corrected chi connectivity index (χ2v) is 5.49. The van der Waals surface area contributed by atoms with Crippen molar-refractivity contribution >= 4 is 23.2 Å². The molecule has 7 heteroatoms. The molecule has 0 aliphatic carbocycles. The first-order valence-electron chi connectivity index (χ1n) is 5.79. The Hall–Kier alpha value is -2.28. The summed E-state index contributed by atoms with van der Waals surface area (Å²) in [5, 5.41) is 2.54. The van der Waals surface area contributed by atoms with Gasteiger partial charge in [-0.2, -0.15) is 0 Å². The molecular weight excluding hydrogens is 278 g/mol. The van der Waals surface area contributed by atoms with Crippen molar-refractivity contribution in [2.75, 3.05) is 0 Å². The molecule has 0 saturated carbocycles. The number of primary amides is 1. The molecule has 6 nitrogen and oxygen atoms in total. The van der Waals surface area contributed by atoms with Crippen molar-refractivity contribution in [2.45, 2.75) is 19.3 Å². The van der Waals surface area contributed by atoms with Gasteiger partial charge in [-0.25, -0.2) is 14.8 Å². The van der Waals surface area contributed by atoms with E-state index in [9.17, 15) is 9.59 Å². The number of hydrogen-bond acceptors (Lipinski definition) is 6. The minimum Gasteiger partial charge on any atom is -0.409 e. The van der Waals surface area contributed by atoms with Gasteiger partial charge in [-0.15, -0.1) is 11.3 Å². The molecule has 2 N–H and O–H groups in total. The number of Topliss-reactive ketones (excluding diaryl/α,β-unsaturated/α-hetero) is 1. The van der Waals surface area contributed by atoms with Gasteiger partial charge in [0.2, 0.25) is 0 Å². The lowest BCUT2D eigenvalue weighted by atomic mass is 9.87. The normalized spacial score (nSPS) is 11.1. The lowest BCUT2D eigenvalue weighted by molar-refractivity contribution is 0.0903. The van der Waals surface area contributed by atoms with E-state index in [1.165, 1.54) is 29.7 Å². The summed E-state index contributed by atoms with van der Waals surface area (Å²) in [4.78, 5) is 31.2. The number of amides is 1. The minimum atomic E-state index is -0.922. The number of rotatable bonds is 4. The van der Waals surface area contributed by atoms with E-state index in [-0.39, 0.29) is 17.2 Å². The molecule has 0 saturated heterocycles. The maximum Gasteiger partial charge on any atom is 0.410 e. The predicted octanol–water partition coefficient (Wildman–Crippen LogP) is 2.16. The third-order valence-corrected chi connectivity index (χ3v) is 3.82. The SMILES string of the molecule is CC(C)(C(=O)c1ccc(OC(N)=O)cn1)c1nccs1. The van der Waals surface area contributed by atoms with E-state index in [0.717, 1.165) is 5.01 Å². The van der Waals surface area contributed by atoms with Gasteiger partial charge in [-0.05, 0) is 26.0 Å². The van der Waals surface area contributed by atoms with Crippen LogP contribution in [0.4, 0.5) is 4.79 Å². The molecule has 2 aromatic heterocycles. The maximum absolute atomic E-state index is 12.5. The van der Waals surface area contributed by atoms with Gasteiger partial charge in [0, 0.05) is 11.6 Å². The highest BCUT2D eigenvalue weighted by Crippen LogP contribution is 2.28. The molecule has 0 aliphatic rings. The highest BCUT2D eigenvalue weighted by atomic mass is 32.1. The number of pyridine rings is 1. The monoisotopic (exact) mass is 291 g/mol. The molecule has 2 aromatic rings. The fourth-order valence-corrected chi connectivity index (χ4v) is 2.40. The zero-order valence-electron chi connectivity index (χ0n) is 11.0. The van der Waals surface area contributed by atoms with Gasteiger partial charge < -0.3 is 10.5 Å². The van der Waals surface area contributed by atoms with Crippen LogP contribution in [0.15, 0.2) is 29.9 Å². The molecule has 0 spiro atoms. The van der Waals surface area contributed by atoms with Gasteiger partial charge in [-0.3, -0.25) is 4.79 Å². The second kappa shape index (κ2) is 5.38. The third kappa shape index (κ3) is 2.83. The smallest absolute Gasteiger partial charge is 0.409 e. The number of nitrogens with two attached hydrogens (primary N) is 1. The Morgan fingerprint density at radius 3 is 2.55 bits per heavy atom. The summed E-state index contributed by atoms with van der Waals surface area (Å²) in [6.45, 7) is 3.59. The average Bonchev–Trinajstić information content (AvgIpc) is 2.92. The van der Waals surface area contributed by atoms with Gasteiger partial charge in [0.1, 0.15) is 10.7 Å². The third-order valence-electron chi connectivity index (χ3n) is 2.72. The number of hydrogen-bond donors (Lipinski definition) is 1. The second-order valence-electron chi connectivity index (χ2n) is 4.59. The predicted molar refractivity (Wildman–Crippen MR) is 73.9 cm³/mol. The summed E-state index contributed by atoms with van der Waals surface area (Å²) in [6, 6.07) is 2.97. The van der Waals surface area contributed by atoms with Crippen LogP contribution in [-0.4, -0.2) is 21.8 Å². The summed E-state index contributed by atoms with van der Waals surface area (Å²) in [7, 11) is 0. The van der Waals surface area contributed by atoms with E-state index < -0.39 is 11.5 Å². The van der Waals surface area contributed by atoms with E-state index in [2.05, 4.69) is 14.7 Å². The molecule has 0 unspecified atom stereocenters. The molecule has 1 amide bonds. The van der Waals surface area contributed by atoms with Crippen LogP contribution in [0.3, 0.4) is 0 Å². The molecule has 0 aromatic carbocycles. The fourth-order valence-electron chi connectivity index (χ4n) is 1.64. The van der Waals surface area contributed by atoms with Gasteiger partial charge in [0.25, 0.3) is 0 Å². The van der Waals surface area contributed by atoms with Crippen molar-refractivity contribution in [1.82, 2.24) is 9.97 Å². The molecule has 0 fully saturated rings. The topological polar surface area (TPSA) is 95.2 Å². The van der Waals surface area contributed by atoms with Crippen LogP contribution in [0, 0.1) is 0 Å². The molecule has 2 rings (SSSR count). The zero-order chi connectivity index (χ0) is 14.8. The van der Waals surface area contributed by atoms with Gasteiger partial charge in [-0.1, -0.05) is 0 Å². The first kappa shape index (κ1) is 14.1. The average molecular weight is 291 g/mol. The van der Waals surface area contributed by atoms with Crippen molar-refractivity contribution in [3.8, 4) is 5.75 Å². The molecular formula is C13H13N3O3S. The highest BCUT2D eigenvalue weighted by molar-refractivity contribution is 7.09. The lowest BCUT2D eigenvalue weighted by Crippen LogP contribution is -2.29. The van der Waals surface area contributed by atoms with Crippen LogP contribution in [-0.2, 0) is 5.41 Å². The number of nitrogens with zero attached hydrogens (tertiary/aromatic N) is 2. The Bertz CT molecular complexity index is 621. The largest absolute Gasteiger partial charge is 0.410 e. The van der Waals surface area contributed by atoms with E-state index >= 15 is 0 Å². The number of thiazole rings is 1. The zero-order valence-corrected chi connectivity index (χ0v) is 11.8. The van der Waals surface area contributed by atoms with Crippen LogP contribution in [0.1, 0.15) is 29.3 Å². The first-order valence-corrected chi connectivity index (χ1v) is 6.67. The Balaban J connectivity index is 2.23. The van der Waals surface area contributed by atoms with Crippen molar-refractivity contribution in [3.05, 3.63) is 40.6 Å². The fraction of sp³-hybridized carbons (Fsp3) is 0.231. The maximum atomic E-state index is 12.5. The number of carbonyl (C=O) groups is 2. The van der Waals surface area contributed by atoms with Crippen molar-refractivity contribution < 1.29 is 14.3 Å². The van der Waals surface area contributed by atoms with Gasteiger partial charge >= 0.3 is 6.09 Å². The highest BCUT2D eigenvalue weighted by Gasteiger charge is 2.33. The molecule has 0 aliphatic heterocycles. The van der Waals surface area contributed by atoms with E-state index in [1.807, 2.05) is 5.38 Å². The van der Waals surface area contributed by atoms with Crippen molar-refractivity contribution in [2.24, 2.45) is 5.73 Å². The Labute approximate surface area is 119 Å². The standard InChI is InChI=1S/C13H13N3O3S/c1-13(2,11-15-5-6-20-11)10(17)9-4-3-8(7-16-9)19-12(14)18/h3-7H,1-2H3,(H2,14,18). The van der Waals surface area contributed by atoms with Crippen LogP contribution in [0.5, 0.6) is 5.75 Å². The summed E-state index contributed by atoms with van der Waals surface area (Å²) < 4.78 is 4.66. The first-order chi connectivity index (χ1) is 9.41. The minimum absolute atomic E-state index is 0.155. The molecule has 104 valence electrons. The Morgan fingerprint density at radius 1 is 1.30 bits per heavy atom. The van der Waals surface area contributed by atoms with E-state index in [0.29, 0.717) is 0 Å². The van der Waals surface area contributed by atoms with Crippen molar-refractivity contribution in [3.63, 3.8) is 0 Å². The van der Waals surface area contributed by atoms with E-state index in [1.54, 1.807) is 20.0 Å². The molecule has 0 bridgehead atoms. The summed E-state index contributed by atoms with van der Waals surface area (Å²) in [5.41, 5.74) is 4.42. The van der Waals surface area contributed by atoms with Crippen LogP contribution < -0.4 is 10.5 Å². The number of carbonyl (C=O) groups excluding carboxylic acids is 2. The Kier molecular flexibility index (Phi) is 3.80.